The fourth-order valence-electron chi connectivity index (χ4n) is 16.7. The van der Waals surface area contributed by atoms with Crippen molar-refractivity contribution in [2.24, 2.45) is 0 Å². The summed E-state index contributed by atoms with van der Waals surface area (Å²) in [5, 5.41) is 2.40. The van der Waals surface area contributed by atoms with Crippen molar-refractivity contribution in [2.45, 2.75) is 183 Å². The number of para-hydroxylation sites is 1. The average Bonchev–Trinajstić information content (AvgIpc) is 0.770. The van der Waals surface area contributed by atoms with Crippen molar-refractivity contribution in [1.82, 2.24) is 9.55 Å². The van der Waals surface area contributed by atoms with Gasteiger partial charge in [0.25, 0.3) is 6.71 Å². The fraction of sp³-hybridized carbons (Fsp3) is 0.267. The number of benzene rings is 12. The fourth-order valence-corrected chi connectivity index (χ4v) is 16.7. The summed E-state index contributed by atoms with van der Waals surface area (Å²) in [6.07, 6.45) is 0. The Morgan fingerprint density at radius 1 is 0.291 bits per heavy atom. The third-order valence-electron chi connectivity index (χ3n) is 23.0. The number of pyridine rings is 1. The van der Waals surface area contributed by atoms with Crippen LogP contribution in [0, 0.1) is 0 Å². The molecule has 4 nitrogen and oxygen atoms in total. The van der Waals surface area contributed by atoms with Crippen LogP contribution in [0.4, 0.5) is 34.1 Å². The molecule has 0 aliphatic carbocycles. The first-order valence-corrected chi connectivity index (χ1v) is 39.5. The van der Waals surface area contributed by atoms with E-state index in [0.29, 0.717) is 5.56 Å². The maximum atomic E-state index is 9.75. The van der Waals surface area contributed by atoms with E-state index in [4.69, 9.17) is 6.35 Å². The number of hydrogen-bond acceptors (Lipinski definition) is 3. The van der Waals surface area contributed by atoms with Gasteiger partial charge in [0.05, 0.1) is 35.0 Å². The van der Waals surface area contributed by atoms with E-state index >= 15 is 0 Å². The Bertz CT molecular complexity index is 6070. The lowest BCUT2D eigenvalue weighted by Crippen LogP contribution is -2.61. The van der Waals surface area contributed by atoms with Gasteiger partial charge in [-0.05, 0) is 183 Å². The van der Waals surface area contributed by atoms with Crippen LogP contribution in [0.25, 0.3) is 94.3 Å². The lowest BCUT2D eigenvalue weighted by atomic mass is 9.33. The van der Waals surface area contributed by atoms with Crippen molar-refractivity contribution in [3.8, 4) is 72.4 Å². The highest BCUT2D eigenvalue weighted by Crippen LogP contribution is 2.56. The van der Waals surface area contributed by atoms with Crippen LogP contribution >= 0.6 is 0 Å². The Balaban J connectivity index is 1.16. The minimum Gasteiger partial charge on any atom is -0.310 e. The van der Waals surface area contributed by atoms with Crippen molar-refractivity contribution in [1.29, 1.82) is 0 Å². The molecule has 0 spiro atoms. The molecule has 0 unspecified atom stereocenters. The highest BCUT2D eigenvalue weighted by molar-refractivity contribution is 7.00. The van der Waals surface area contributed by atoms with Crippen molar-refractivity contribution < 1.29 is 6.85 Å². The summed E-state index contributed by atoms with van der Waals surface area (Å²) in [7, 11) is 0. The molecule has 0 radical (unpaired) electrons. The Kier molecular flexibility index (Phi) is 16.2. The Hall–Kier alpha value is -10.7. The van der Waals surface area contributed by atoms with Gasteiger partial charge in [-0.25, -0.2) is 0 Å². The van der Waals surface area contributed by atoms with Gasteiger partial charge < -0.3 is 14.4 Å². The normalized spacial score (nSPS) is 14.1. The first kappa shape index (κ1) is 67.4. The lowest BCUT2D eigenvalue weighted by molar-refractivity contribution is 0.532. The van der Waals surface area contributed by atoms with E-state index in [-0.39, 0.29) is 62.2 Å². The molecule has 4 heterocycles. The number of fused-ring (bicyclic) bond motifs is 7. The first-order chi connectivity index (χ1) is 54.1. The number of rotatable bonds is 9. The van der Waals surface area contributed by atoms with Crippen LogP contribution < -0.4 is 26.2 Å². The van der Waals surface area contributed by atoms with Gasteiger partial charge in [-0.1, -0.05) is 339 Å². The highest BCUT2D eigenvalue weighted by Gasteiger charge is 2.47. The zero-order valence-electron chi connectivity index (χ0n) is 73.4. The van der Waals surface area contributed by atoms with Gasteiger partial charge in [0.15, 0.2) is 0 Å². The molecule has 2 aliphatic rings. The molecule has 0 saturated carbocycles. The van der Waals surface area contributed by atoms with E-state index < -0.39 is 18.2 Å². The van der Waals surface area contributed by atoms with E-state index in [2.05, 4.69) is 390 Å². The van der Waals surface area contributed by atoms with Crippen LogP contribution in [0.15, 0.2) is 267 Å². The molecule has 14 aromatic rings. The van der Waals surface area contributed by atoms with Gasteiger partial charge in [-0.3, -0.25) is 4.98 Å². The average molecular weight is 1440 g/mol. The molecule has 0 N–H and O–H groups in total. The molecule has 16 rings (SSSR count). The van der Waals surface area contributed by atoms with Gasteiger partial charge in [-0.2, -0.15) is 0 Å². The summed E-state index contributed by atoms with van der Waals surface area (Å²) in [5.41, 5.74) is 29.5. The largest absolute Gasteiger partial charge is 0.310 e. The second-order valence-corrected chi connectivity index (χ2v) is 38.2. The zero-order chi connectivity index (χ0) is 82.0. The summed E-state index contributed by atoms with van der Waals surface area (Å²) < 4.78 is 49.4. The predicted molar refractivity (Wildman–Crippen MR) is 476 cm³/mol. The molecule has 0 bridgehead atoms. The number of nitrogens with zero attached hydrogens (tertiary/aromatic N) is 4. The Morgan fingerprint density at radius 2 is 0.727 bits per heavy atom. The molecule has 0 atom stereocenters. The lowest BCUT2D eigenvalue weighted by Gasteiger charge is -2.46. The highest BCUT2D eigenvalue weighted by atomic mass is 15.2. The van der Waals surface area contributed by atoms with Crippen LogP contribution in [0.1, 0.15) is 191 Å². The van der Waals surface area contributed by atoms with Gasteiger partial charge in [-0.15, -0.1) is 0 Å². The second-order valence-electron chi connectivity index (χ2n) is 38.2. The quantitative estimate of drug-likeness (QED) is 0.135. The molecule has 5 heteroatoms. The van der Waals surface area contributed by atoms with Crippen LogP contribution in [-0.2, 0) is 37.9 Å². The van der Waals surface area contributed by atoms with Crippen molar-refractivity contribution in [2.75, 3.05) is 9.80 Å². The third kappa shape index (κ3) is 13.1. The van der Waals surface area contributed by atoms with E-state index in [1.54, 1.807) is 0 Å². The molecule has 0 amide bonds. The van der Waals surface area contributed by atoms with Crippen molar-refractivity contribution in [3.05, 3.63) is 306 Å². The topological polar surface area (TPSA) is 24.3 Å². The van der Waals surface area contributed by atoms with Gasteiger partial charge >= 0.3 is 0 Å². The monoisotopic (exact) mass is 1440 g/mol. The van der Waals surface area contributed by atoms with E-state index in [1.165, 1.54) is 38.6 Å². The summed E-state index contributed by atoms with van der Waals surface area (Å²) in [6.45, 7) is 48.0. The Labute approximate surface area is 663 Å². The summed E-state index contributed by atoms with van der Waals surface area (Å²) >= 11 is 0. The number of hydrogen-bond donors (Lipinski definition) is 0. The van der Waals surface area contributed by atoms with Crippen LogP contribution in [0.5, 0.6) is 0 Å². The van der Waals surface area contributed by atoms with E-state index in [0.717, 1.165) is 134 Å². The molecule has 0 saturated heterocycles. The molecule has 550 valence electrons. The number of anilines is 6. The maximum Gasteiger partial charge on any atom is 0.252 e. The van der Waals surface area contributed by atoms with Gasteiger partial charge in [0, 0.05) is 83.6 Å². The molecular weight excluding hydrogens is 1330 g/mol. The first-order valence-electron chi connectivity index (χ1n) is 42.0. The summed E-state index contributed by atoms with van der Waals surface area (Å²) in [6, 6.07) is 87.1. The molecule has 0 fully saturated rings. The third-order valence-corrected chi connectivity index (χ3v) is 23.0. The van der Waals surface area contributed by atoms with E-state index in [1.807, 2.05) is 6.07 Å². The molecule has 2 aliphatic heterocycles. The Morgan fingerprint density at radius 3 is 1.21 bits per heavy atom. The molecular formula is C105H107BN4. The summed E-state index contributed by atoms with van der Waals surface area (Å²) in [4.78, 5) is 11.1. The van der Waals surface area contributed by atoms with Crippen molar-refractivity contribution in [3.63, 3.8) is 0 Å². The van der Waals surface area contributed by atoms with Crippen LogP contribution in [0.3, 0.4) is 0 Å². The van der Waals surface area contributed by atoms with Crippen LogP contribution in [-0.4, -0.2) is 16.3 Å². The second kappa shape index (κ2) is 26.5. The SMILES string of the molecule is [2H]c1c([2H])c([2H])c(-c2ccc3c(c2)N(c2c(-c4ccccc4)cccc2-c2ccccc2)c2cc(-c4cc(C(C)(C)C)cc(C(C)(C)C)c4)cc4c2B3c2ccc(-n3c5ccc(C(C)(C)C)cc5c5cc(C(C)(C)C)ccc53)cc2N4c2c(-c3ccccc3)cc(C(C)(C)C)cc2-c2ccc(C(C)(C)C)nc2C(C)(C)C)c([2H])c1[2H]. The zero-order valence-corrected chi connectivity index (χ0v) is 68.4. The smallest absolute Gasteiger partial charge is 0.252 e. The number of aromatic nitrogens is 2. The van der Waals surface area contributed by atoms with Gasteiger partial charge in [0.1, 0.15) is 0 Å². The molecule has 12 aromatic carbocycles. The molecule has 110 heavy (non-hydrogen) atoms. The maximum absolute atomic E-state index is 9.75. The van der Waals surface area contributed by atoms with Crippen LogP contribution in [0.2, 0.25) is 0 Å². The molecule has 2 aromatic heterocycles. The standard InChI is InChI=1S/C105H107BN4/c1-99(2,3)73-46-52-88-83(61-73)84-62-74(100(4,5)6)47-53-89(84)108(88)78-48-51-87-91(65-78)110(97-82(69-41-32-25-33-42-69)63-77(103(13,14)15)64-85(97)81-49-54-94(104(16,17)18)107-98(81)105(19,20)21)93-59-72(71-55-75(101(7,8)9)60-76(56-71)102(10,11)12)58-92-95(93)106(87)86-50-45-70(66-35-26-22-27-36-66)57-90(86)109(92)96-79(67-37-28-23-29-38-67)43-34-44-80(96)68-39-30-24-31-40-68/h22-65H,1-21H3/i22D,26D,27D,35D,36D. The predicted octanol–water partition coefficient (Wildman–Crippen LogP) is 27.3. The van der Waals surface area contributed by atoms with Gasteiger partial charge in [0.2, 0.25) is 0 Å². The summed E-state index contributed by atoms with van der Waals surface area (Å²) in [5.74, 6) is 0. The van der Waals surface area contributed by atoms with E-state index in [9.17, 15) is 5.48 Å². The van der Waals surface area contributed by atoms with Crippen molar-refractivity contribution >= 4 is 79.0 Å². The minimum atomic E-state index is -0.480. The minimum absolute atomic E-state index is 0.121.